The monoisotopic (exact) mass is 305 g/mol. The summed E-state index contributed by atoms with van der Waals surface area (Å²) >= 11 is 5.49. The summed E-state index contributed by atoms with van der Waals surface area (Å²) in [5.41, 5.74) is 1.34. The number of hydrogen-bond donors (Lipinski definition) is 1. The van der Waals surface area contributed by atoms with Gasteiger partial charge in [0.1, 0.15) is 5.82 Å². The minimum atomic E-state index is 0.283. The van der Waals surface area contributed by atoms with Gasteiger partial charge in [-0.05, 0) is 73.9 Å². The molecule has 5 rings (SSSR count). The summed E-state index contributed by atoms with van der Waals surface area (Å²) in [5, 5.41) is 7.82. The fraction of sp³-hybridized carbons (Fsp3) is 0.882. The number of aromatic amines is 1. The van der Waals surface area contributed by atoms with E-state index in [0.717, 1.165) is 23.7 Å². The highest BCUT2D eigenvalue weighted by Gasteiger charge is 2.61. The first-order valence-corrected chi connectivity index (χ1v) is 8.94. The van der Waals surface area contributed by atoms with Gasteiger partial charge in [0, 0.05) is 12.0 Å². The zero-order chi connectivity index (χ0) is 14.9. The van der Waals surface area contributed by atoms with Crippen LogP contribution in [-0.2, 0) is 12.0 Å². The third kappa shape index (κ3) is 1.97. The van der Waals surface area contributed by atoms with E-state index in [1.54, 1.807) is 0 Å². The molecule has 2 atom stereocenters. The van der Waals surface area contributed by atoms with E-state index in [2.05, 4.69) is 30.4 Å². The molecule has 4 aliphatic carbocycles. The molecule has 4 saturated carbocycles. The van der Waals surface area contributed by atoms with Crippen molar-refractivity contribution in [3.8, 4) is 0 Å². The summed E-state index contributed by atoms with van der Waals surface area (Å²) in [4.78, 5) is 0. The summed E-state index contributed by atoms with van der Waals surface area (Å²) in [6, 6.07) is 0. The Kier molecular flexibility index (Phi) is 2.81. The van der Waals surface area contributed by atoms with Gasteiger partial charge in [-0.15, -0.1) is 0 Å². The van der Waals surface area contributed by atoms with Crippen molar-refractivity contribution >= 4 is 12.2 Å². The van der Waals surface area contributed by atoms with Gasteiger partial charge in [0.15, 0.2) is 4.77 Å². The molecule has 4 aliphatic rings. The molecule has 0 amide bonds. The van der Waals surface area contributed by atoms with E-state index >= 15 is 0 Å². The highest BCUT2D eigenvalue weighted by molar-refractivity contribution is 7.71. The molecule has 21 heavy (non-hydrogen) atoms. The van der Waals surface area contributed by atoms with Crippen molar-refractivity contribution in [2.24, 2.45) is 16.7 Å². The largest absolute Gasteiger partial charge is 0.304 e. The summed E-state index contributed by atoms with van der Waals surface area (Å²) in [6.45, 7) is 8.27. The van der Waals surface area contributed by atoms with Crippen LogP contribution in [0.5, 0.6) is 0 Å². The number of H-pyrrole nitrogens is 1. The lowest BCUT2D eigenvalue weighted by Crippen LogP contribution is -2.57. The molecular weight excluding hydrogens is 278 g/mol. The average Bonchev–Trinajstić information content (AvgIpc) is 2.67. The van der Waals surface area contributed by atoms with Crippen LogP contribution in [0.1, 0.15) is 71.5 Å². The minimum absolute atomic E-state index is 0.283. The van der Waals surface area contributed by atoms with Crippen molar-refractivity contribution < 1.29 is 0 Å². The Labute approximate surface area is 132 Å². The van der Waals surface area contributed by atoms with Gasteiger partial charge in [0.25, 0.3) is 0 Å². The van der Waals surface area contributed by atoms with Crippen LogP contribution in [0, 0.1) is 21.5 Å². The Morgan fingerprint density at radius 3 is 2.43 bits per heavy atom. The van der Waals surface area contributed by atoms with Gasteiger partial charge >= 0.3 is 0 Å². The number of aromatic nitrogens is 3. The van der Waals surface area contributed by atoms with Gasteiger partial charge < -0.3 is 4.57 Å². The zero-order valence-electron chi connectivity index (χ0n) is 13.5. The molecule has 4 fully saturated rings. The Bertz CT molecular complexity index is 610. The molecule has 1 N–H and O–H groups in total. The molecule has 1 aromatic rings. The molecule has 1 aromatic heterocycles. The number of hydrogen-bond acceptors (Lipinski definition) is 2. The summed E-state index contributed by atoms with van der Waals surface area (Å²) in [5.74, 6) is 2.17. The summed E-state index contributed by atoms with van der Waals surface area (Å²) < 4.78 is 3.12. The Balaban J connectivity index is 1.83. The quantitative estimate of drug-likeness (QED) is 0.828. The van der Waals surface area contributed by atoms with Crippen LogP contribution >= 0.6 is 12.2 Å². The van der Waals surface area contributed by atoms with E-state index in [9.17, 15) is 0 Å². The summed E-state index contributed by atoms with van der Waals surface area (Å²) in [7, 11) is 0. The molecule has 0 saturated heterocycles. The van der Waals surface area contributed by atoms with Crippen molar-refractivity contribution in [2.45, 2.75) is 77.7 Å². The third-order valence-electron chi connectivity index (χ3n) is 6.31. The maximum absolute atomic E-state index is 5.49. The molecule has 4 bridgehead atoms. The van der Waals surface area contributed by atoms with Gasteiger partial charge in [-0.1, -0.05) is 20.8 Å². The van der Waals surface area contributed by atoms with Crippen molar-refractivity contribution in [2.75, 3.05) is 0 Å². The van der Waals surface area contributed by atoms with E-state index < -0.39 is 0 Å². The second-order valence-electron chi connectivity index (χ2n) is 8.91. The lowest BCUT2D eigenvalue weighted by Gasteiger charge is -2.65. The molecular formula is C17H27N3S. The van der Waals surface area contributed by atoms with Crippen LogP contribution in [0.3, 0.4) is 0 Å². The molecule has 0 aliphatic heterocycles. The van der Waals surface area contributed by atoms with Crippen molar-refractivity contribution in [1.29, 1.82) is 0 Å². The van der Waals surface area contributed by atoms with Crippen LogP contribution < -0.4 is 0 Å². The second-order valence-corrected chi connectivity index (χ2v) is 9.30. The van der Waals surface area contributed by atoms with Crippen LogP contribution in [0.15, 0.2) is 0 Å². The third-order valence-corrected chi connectivity index (χ3v) is 6.62. The van der Waals surface area contributed by atoms with Crippen molar-refractivity contribution in [3.63, 3.8) is 0 Å². The van der Waals surface area contributed by atoms with Crippen molar-refractivity contribution in [1.82, 2.24) is 14.8 Å². The fourth-order valence-electron chi connectivity index (χ4n) is 6.85. The highest BCUT2D eigenvalue weighted by Crippen LogP contribution is 2.69. The maximum atomic E-state index is 5.49. The number of rotatable bonds is 3. The maximum Gasteiger partial charge on any atom is 0.195 e. The van der Waals surface area contributed by atoms with Crippen LogP contribution in [0.4, 0.5) is 0 Å². The van der Waals surface area contributed by atoms with Gasteiger partial charge in [-0.2, -0.15) is 5.10 Å². The number of nitrogens with one attached hydrogen (secondary N) is 1. The van der Waals surface area contributed by atoms with E-state index in [-0.39, 0.29) is 5.41 Å². The van der Waals surface area contributed by atoms with Crippen LogP contribution in [0.25, 0.3) is 0 Å². The van der Waals surface area contributed by atoms with Crippen molar-refractivity contribution in [3.05, 3.63) is 10.6 Å². The van der Waals surface area contributed by atoms with E-state index in [0.29, 0.717) is 10.8 Å². The molecule has 2 unspecified atom stereocenters. The van der Waals surface area contributed by atoms with Gasteiger partial charge in [0.05, 0.1) is 0 Å². The fourth-order valence-corrected chi connectivity index (χ4v) is 7.07. The Morgan fingerprint density at radius 2 is 1.86 bits per heavy atom. The zero-order valence-corrected chi connectivity index (χ0v) is 14.4. The van der Waals surface area contributed by atoms with E-state index in [4.69, 9.17) is 17.3 Å². The lowest BCUT2D eigenvalue weighted by atomic mass is 9.40. The first-order valence-electron chi connectivity index (χ1n) is 8.53. The first-order chi connectivity index (χ1) is 9.87. The molecule has 1 heterocycles. The summed E-state index contributed by atoms with van der Waals surface area (Å²) in [6.07, 6.45) is 9.37. The predicted octanol–water partition coefficient (Wildman–Crippen LogP) is 4.60. The van der Waals surface area contributed by atoms with E-state index in [1.807, 2.05) is 0 Å². The molecule has 0 spiro atoms. The van der Waals surface area contributed by atoms with Gasteiger partial charge in [-0.25, -0.2) is 0 Å². The average molecular weight is 305 g/mol. The lowest BCUT2D eigenvalue weighted by molar-refractivity contribution is -0.113. The topological polar surface area (TPSA) is 33.6 Å². The molecule has 0 aromatic carbocycles. The molecule has 3 nitrogen and oxygen atoms in total. The number of nitrogens with zero attached hydrogens (tertiary/aromatic N) is 2. The first kappa shape index (κ1) is 14.0. The Hall–Kier alpha value is -0.640. The standard InChI is InChI=1S/C17H27N3S/c1-4-5-20-13(18-19-14(20)21)17-8-12-6-15(2,10-17)9-16(3,7-12)11-17/h12H,4-11H2,1-3H3,(H,19,21). The Morgan fingerprint density at radius 1 is 1.19 bits per heavy atom. The second kappa shape index (κ2) is 4.21. The molecule has 4 heteroatoms. The molecule has 0 radical (unpaired) electrons. The molecule has 116 valence electrons. The van der Waals surface area contributed by atoms with Crippen LogP contribution in [-0.4, -0.2) is 14.8 Å². The van der Waals surface area contributed by atoms with Crippen LogP contribution in [0.2, 0.25) is 0 Å². The van der Waals surface area contributed by atoms with Gasteiger partial charge in [-0.3, -0.25) is 5.10 Å². The predicted molar refractivity (Wildman–Crippen MR) is 86.8 cm³/mol. The van der Waals surface area contributed by atoms with Gasteiger partial charge in [0.2, 0.25) is 0 Å². The van der Waals surface area contributed by atoms with E-state index in [1.165, 1.54) is 44.3 Å². The SMILES string of the molecule is CCCn1c(C23CC4CC(C)(CC(C)(C4)C2)C3)n[nH]c1=S. The normalized spacial score (nSPS) is 44.4. The smallest absolute Gasteiger partial charge is 0.195 e. The minimum Gasteiger partial charge on any atom is -0.304 e. The highest BCUT2D eigenvalue weighted by atomic mass is 32.1.